The van der Waals surface area contributed by atoms with E-state index < -0.39 is 5.60 Å². The average Bonchev–Trinajstić information content (AvgIpc) is 3.39. The number of nitrogens with two attached hydrogens (primary N) is 2. The molecule has 0 aliphatic heterocycles. The van der Waals surface area contributed by atoms with Crippen molar-refractivity contribution in [2.75, 3.05) is 13.2 Å². The molecule has 0 saturated heterocycles. The number of hydrogen-bond acceptors (Lipinski definition) is 4. The summed E-state index contributed by atoms with van der Waals surface area (Å²) in [4.78, 5) is 4.05. The third-order valence-electron chi connectivity index (χ3n) is 10.7. The van der Waals surface area contributed by atoms with Crippen LogP contribution in [0.2, 0.25) is 0 Å². The summed E-state index contributed by atoms with van der Waals surface area (Å²) in [5.41, 5.74) is 11.8. The molecular formula is C27H43N3O3. The second kappa shape index (κ2) is 8.60. The molecule has 1 heterocycles. The molecule has 0 amide bonds. The molecule has 1 aromatic rings. The number of ether oxygens (including phenoxy) is 1. The van der Waals surface area contributed by atoms with Crippen LogP contribution in [0.3, 0.4) is 0 Å². The molecule has 4 fully saturated rings. The van der Waals surface area contributed by atoms with E-state index >= 15 is 0 Å². The van der Waals surface area contributed by atoms with E-state index in [2.05, 4.69) is 24.9 Å². The van der Waals surface area contributed by atoms with Gasteiger partial charge in [0.25, 0.3) is 0 Å². The van der Waals surface area contributed by atoms with E-state index in [0.717, 1.165) is 51.6 Å². The molecule has 4 saturated carbocycles. The maximum Gasteiger partial charge on any atom is 0.185 e. The summed E-state index contributed by atoms with van der Waals surface area (Å²) in [5.74, 6) is 2.32. The van der Waals surface area contributed by atoms with Crippen molar-refractivity contribution < 1.29 is 14.3 Å². The van der Waals surface area contributed by atoms with Crippen LogP contribution in [0, 0.1) is 28.6 Å². The van der Waals surface area contributed by atoms with Gasteiger partial charge in [-0.05, 0) is 105 Å². The Labute approximate surface area is 198 Å². The highest BCUT2D eigenvalue weighted by atomic mass is 16.5. The minimum atomic E-state index is -0.551. The lowest BCUT2D eigenvalue weighted by atomic mass is 9.43. The molecule has 8 atom stereocenters. The first-order valence-electron chi connectivity index (χ1n) is 13.2. The number of hydrogen-bond donors (Lipinski definition) is 3. The van der Waals surface area contributed by atoms with Crippen LogP contribution < -0.4 is 11.5 Å². The summed E-state index contributed by atoms with van der Waals surface area (Å²) in [6.07, 6.45) is 15.2. The highest BCUT2D eigenvalue weighted by molar-refractivity contribution is 5.75. The van der Waals surface area contributed by atoms with E-state index in [-0.39, 0.29) is 11.4 Å². The molecule has 0 aromatic carbocycles. The monoisotopic (exact) mass is 457 g/mol. The zero-order valence-electron chi connectivity index (χ0n) is 20.5. The molecule has 33 heavy (non-hydrogen) atoms. The summed E-state index contributed by atoms with van der Waals surface area (Å²) in [5, 5.41) is 12.3. The SMILES string of the molecule is C[C@]12CC[C@H](OCCCN=C(N)N)C[C@H]1CC[C@@H]1[C@@H]2CC[C@]2(C)[C@@H](c3ccoc3)CC[C@]12O. The minimum Gasteiger partial charge on any atom is -0.472 e. The number of furan rings is 1. The number of nitrogens with zero attached hydrogens (tertiary/aromatic N) is 1. The van der Waals surface area contributed by atoms with E-state index in [1.807, 2.05) is 6.26 Å². The molecule has 1 aromatic heterocycles. The van der Waals surface area contributed by atoms with Crippen LogP contribution in [0.4, 0.5) is 0 Å². The van der Waals surface area contributed by atoms with Gasteiger partial charge in [0.15, 0.2) is 5.96 Å². The lowest BCUT2D eigenvalue weighted by Gasteiger charge is -2.63. The van der Waals surface area contributed by atoms with Gasteiger partial charge in [-0.3, -0.25) is 4.99 Å². The maximum atomic E-state index is 12.3. The van der Waals surface area contributed by atoms with Crippen molar-refractivity contribution in [2.45, 2.75) is 95.7 Å². The van der Waals surface area contributed by atoms with Gasteiger partial charge in [0.05, 0.1) is 24.2 Å². The predicted octanol–water partition coefficient (Wildman–Crippen LogP) is 4.57. The van der Waals surface area contributed by atoms with Crippen molar-refractivity contribution in [3.63, 3.8) is 0 Å². The number of guanidine groups is 1. The van der Waals surface area contributed by atoms with Crippen molar-refractivity contribution in [3.8, 4) is 0 Å². The quantitative estimate of drug-likeness (QED) is 0.329. The van der Waals surface area contributed by atoms with Gasteiger partial charge in [-0.15, -0.1) is 0 Å². The Balaban J connectivity index is 1.26. The molecule has 0 spiro atoms. The Morgan fingerprint density at radius 2 is 1.97 bits per heavy atom. The molecule has 0 radical (unpaired) electrons. The second-order valence-electron chi connectivity index (χ2n) is 11.9. The summed E-state index contributed by atoms with van der Waals surface area (Å²) < 4.78 is 11.7. The topological polar surface area (TPSA) is 107 Å². The summed E-state index contributed by atoms with van der Waals surface area (Å²) in [6.45, 7) is 6.27. The van der Waals surface area contributed by atoms with E-state index in [1.165, 1.54) is 24.8 Å². The molecule has 184 valence electrons. The normalized spacial score (nSPS) is 44.5. The van der Waals surface area contributed by atoms with Crippen molar-refractivity contribution in [2.24, 2.45) is 45.0 Å². The Kier molecular flexibility index (Phi) is 6.05. The lowest BCUT2D eigenvalue weighted by Crippen LogP contribution is -2.62. The Morgan fingerprint density at radius 1 is 1.12 bits per heavy atom. The van der Waals surface area contributed by atoms with E-state index in [9.17, 15) is 5.11 Å². The summed E-state index contributed by atoms with van der Waals surface area (Å²) in [6, 6.07) is 2.12. The maximum absolute atomic E-state index is 12.3. The minimum absolute atomic E-state index is 0.0447. The lowest BCUT2D eigenvalue weighted by molar-refractivity contribution is -0.207. The highest BCUT2D eigenvalue weighted by Gasteiger charge is 2.67. The molecule has 6 nitrogen and oxygen atoms in total. The van der Waals surface area contributed by atoms with Gasteiger partial charge in [-0.2, -0.15) is 0 Å². The number of aliphatic hydroxyl groups is 1. The molecule has 6 heteroatoms. The van der Waals surface area contributed by atoms with Gasteiger partial charge in [0.1, 0.15) is 0 Å². The summed E-state index contributed by atoms with van der Waals surface area (Å²) in [7, 11) is 0. The van der Waals surface area contributed by atoms with Crippen molar-refractivity contribution in [3.05, 3.63) is 24.2 Å². The average molecular weight is 458 g/mol. The number of aliphatic imine (C=N–C) groups is 1. The molecule has 4 aliphatic rings. The zero-order chi connectivity index (χ0) is 23.3. The fourth-order valence-electron chi connectivity index (χ4n) is 8.87. The Morgan fingerprint density at radius 3 is 2.73 bits per heavy atom. The van der Waals surface area contributed by atoms with Crippen LogP contribution in [-0.2, 0) is 4.74 Å². The molecule has 5 N–H and O–H groups in total. The van der Waals surface area contributed by atoms with Crippen LogP contribution in [0.15, 0.2) is 28.0 Å². The van der Waals surface area contributed by atoms with E-state index in [1.54, 1.807) is 6.26 Å². The Bertz CT molecular complexity index is 853. The molecular weight excluding hydrogens is 414 g/mol. The molecule has 4 aliphatic carbocycles. The third kappa shape index (κ3) is 3.72. The van der Waals surface area contributed by atoms with Gasteiger partial charge in [0.2, 0.25) is 0 Å². The second-order valence-corrected chi connectivity index (χ2v) is 11.9. The third-order valence-corrected chi connectivity index (χ3v) is 10.7. The highest BCUT2D eigenvalue weighted by Crippen LogP contribution is 2.70. The first-order valence-corrected chi connectivity index (χ1v) is 13.2. The van der Waals surface area contributed by atoms with Gasteiger partial charge in [-0.1, -0.05) is 13.8 Å². The van der Waals surface area contributed by atoms with Gasteiger partial charge in [0, 0.05) is 18.6 Å². The van der Waals surface area contributed by atoms with Gasteiger partial charge >= 0.3 is 0 Å². The van der Waals surface area contributed by atoms with Crippen LogP contribution in [-0.4, -0.2) is 35.9 Å². The van der Waals surface area contributed by atoms with Crippen LogP contribution in [0.5, 0.6) is 0 Å². The zero-order valence-corrected chi connectivity index (χ0v) is 20.5. The first kappa shape index (κ1) is 23.2. The van der Waals surface area contributed by atoms with Crippen molar-refractivity contribution in [1.82, 2.24) is 0 Å². The summed E-state index contributed by atoms with van der Waals surface area (Å²) >= 11 is 0. The van der Waals surface area contributed by atoms with Crippen molar-refractivity contribution in [1.29, 1.82) is 0 Å². The van der Waals surface area contributed by atoms with Crippen molar-refractivity contribution >= 4 is 5.96 Å². The van der Waals surface area contributed by atoms with Crippen LogP contribution in [0.25, 0.3) is 0 Å². The predicted molar refractivity (Wildman–Crippen MR) is 130 cm³/mol. The molecule has 0 bridgehead atoms. The van der Waals surface area contributed by atoms with Crippen LogP contribution in [0.1, 0.15) is 89.5 Å². The number of fused-ring (bicyclic) bond motifs is 5. The first-order chi connectivity index (χ1) is 15.8. The smallest absolute Gasteiger partial charge is 0.185 e. The van der Waals surface area contributed by atoms with Gasteiger partial charge in [-0.25, -0.2) is 0 Å². The molecule has 0 unspecified atom stereocenters. The van der Waals surface area contributed by atoms with Crippen LogP contribution >= 0.6 is 0 Å². The van der Waals surface area contributed by atoms with E-state index in [0.29, 0.717) is 41.7 Å². The van der Waals surface area contributed by atoms with E-state index in [4.69, 9.17) is 20.6 Å². The number of rotatable bonds is 6. The fourth-order valence-corrected chi connectivity index (χ4v) is 8.87. The largest absolute Gasteiger partial charge is 0.472 e. The fraction of sp³-hybridized carbons (Fsp3) is 0.815. The van der Waals surface area contributed by atoms with Gasteiger partial charge < -0.3 is 25.7 Å². The molecule has 5 rings (SSSR count). The standard InChI is InChI=1S/C27H43N3O3/c1-25-10-6-20(33-14-3-13-30-24(28)29)16-19(25)4-5-23-22(25)7-11-26(2)21(8-12-27(23,26)31)18-9-15-32-17-18/h9,15,17,19-23,31H,3-8,10-14,16H2,1-2H3,(H4,28,29,30)/t19-,20+,21-,22+,23-,25+,26-,27+/m1/s1. The Hall–Kier alpha value is -1.53.